The number of hydrogen-bond donors (Lipinski definition) is 2. The van der Waals surface area contributed by atoms with Gasteiger partial charge in [-0.2, -0.15) is 13.2 Å². The van der Waals surface area contributed by atoms with E-state index in [1.807, 2.05) is 30.3 Å². The first-order valence-corrected chi connectivity index (χ1v) is 11.4. The average molecular weight is 472 g/mol. The first-order valence-electron chi connectivity index (χ1n) is 10.6. The highest BCUT2D eigenvalue weighted by molar-refractivity contribution is 7.17. The Kier molecular flexibility index (Phi) is 10.0. The fourth-order valence-electron chi connectivity index (χ4n) is 3.56. The van der Waals surface area contributed by atoms with Gasteiger partial charge >= 0.3 is 12.1 Å². The quantitative estimate of drug-likeness (QED) is 0.368. The number of carbonyl (C=O) groups is 2. The Morgan fingerprint density at radius 3 is 2.12 bits per heavy atom. The molecule has 2 aromatic rings. The molecule has 0 bridgehead atoms. The van der Waals surface area contributed by atoms with Crippen molar-refractivity contribution in [3.05, 3.63) is 41.3 Å². The molecule has 1 aliphatic rings. The Hall–Kier alpha value is -2.55. The number of carboxylic acid groups (broad SMARTS) is 1. The van der Waals surface area contributed by atoms with Gasteiger partial charge in [0.05, 0.1) is 11.5 Å². The highest BCUT2D eigenvalue weighted by Crippen LogP contribution is 2.30. The van der Waals surface area contributed by atoms with E-state index in [9.17, 15) is 18.0 Å². The van der Waals surface area contributed by atoms with E-state index in [0.717, 1.165) is 35.1 Å². The fourth-order valence-corrected chi connectivity index (χ4v) is 4.42. The van der Waals surface area contributed by atoms with E-state index in [1.165, 1.54) is 56.3 Å². The zero-order chi connectivity index (χ0) is 23.6. The second-order valence-electron chi connectivity index (χ2n) is 7.70. The first-order chi connectivity index (χ1) is 15.2. The summed E-state index contributed by atoms with van der Waals surface area (Å²) in [7, 11) is 0. The number of halogens is 3. The molecule has 0 unspecified atom stereocenters. The minimum atomic E-state index is -5.08. The van der Waals surface area contributed by atoms with Gasteiger partial charge in [-0.3, -0.25) is 4.79 Å². The van der Waals surface area contributed by atoms with Crippen molar-refractivity contribution in [2.75, 3.05) is 6.61 Å². The molecule has 1 fully saturated rings. The predicted octanol–water partition coefficient (Wildman–Crippen LogP) is 6.28. The standard InChI is InChI=1S/C21H27NO2S.C2HF3O2/c22-21(23)20-14-13-19(25-20)17-9-11-18(12-10-17)24-15-5-8-16-6-3-1-2-4-7-16;3-2(4,5)1(6)7/h9-14,16H,1-8,15H2,(H2,22,23);(H,6,7). The van der Waals surface area contributed by atoms with Crippen molar-refractivity contribution in [1.29, 1.82) is 0 Å². The van der Waals surface area contributed by atoms with Gasteiger partial charge in [-0.15, -0.1) is 11.3 Å². The summed E-state index contributed by atoms with van der Waals surface area (Å²) >= 11 is 1.42. The summed E-state index contributed by atoms with van der Waals surface area (Å²) in [6, 6.07) is 11.8. The maximum atomic E-state index is 11.2. The molecule has 3 N–H and O–H groups in total. The number of rotatable bonds is 7. The molecule has 0 aliphatic heterocycles. The Labute approximate surface area is 189 Å². The molecule has 1 heterocycles. The molecule has 1 aliphatic carbocycles. The molecule has 0 saturated heterocycles. The zero-order valence-corrected chi connectivity index (χ0v) is 18.5. The van der Waals surface area contributed by atoms with Crippen LogP contribution in [0.15, 0.2) is 36.4 Å². The lowest BCUT2D eigenvalue weighted by Gasteiger charge is -2.14. The summed E-state index contributed by atoms with van der Waals surface area (Å²) in [6.45, 7) is 0.792. The summed E-state index contributed by atoms with van der Waals surface area (Å²) in [5, 5.41) is 7.12. The first kappa shape index (κ1) is 25.7. The van der Waals surface area contributed by atoms with Crippen molar-refractivity contribution in [3.8, 4) is 16.2 Å². The van der Waals surface area contributed by atoms with E-state index < -0.39 is 12.1 Å². The van der Waals surface area contributed by atoms with Gasteiger partial charge in [-0.25, -0.2) is 4.79 Å². The van der Waals surface area contributed by atoms with Gasteiger partial charge in [-0.1, -0.05) is 38.5 Å². The molecule has 1 saturated carbocycles. The number of benzene rings is 1. The number of hydrogen-bond acceptors (Lipinski definition) is 4. The molecule has 3 rings (SSSR count). The highest BCUT2D eigenvalue weighted by atomic mass is 32.1. The number of carboxylic acids is 1. The Balaban J connectivity index is 0.000000451. The lowest BCUT2D eigenvalue weighted by atomic mass is 9.95. The van der Waals surface area contributed by atoms with Crippen molar-refractivity contribution >= 4 is 23.2 Å². The van der Waals surface area contributed by atoms with E-state index in [4.69, 9.17) is 20.4 Å². The van der Waals surface area contributed by atoms with E-state index in [1.54, 1.807) is 6.07 Å². The molecule has 5 nitrogen and oxygen atoms in total. The molecule has 176 valence electrons. The molecule has 9 heteroatoms. The molecule has 1 aromatic heterocycles. The topological polar surface area (TPSA) is 89.6 Å². The minimum Gasteiger partial charge on any atom is -0.494 e. The molecule has 0 radical (unpaired) electrons. The van der Waals surface area contributed by atoms with Crippen LogP contribution in [-0.4, -0.2) is 29.8 Å². The van der Waals surface area contributed by atoms with Gasteiger partial charge in [0, 0.05) is 4.88 Å². The van der Waals surface area contributed by atoms with Crippen LogP contribution in [0.2, 0.25) is 0 Å². The van der Waals surface area contributed by atoms with E-state index in [-0.39, 0.29) is 5.91 Å². The van der Waals surface area contributed by atoms with Crippen LogP contribution >= 0.6 is 11.3 Å². The summed E-state index contributed by atoms with van der Waals surface area (Å²) in [5.41, 5.74) is 6.40. The number of nitrogens with two attached hydrogens (primary N) is 1. The number of aliphatic carboxylic acids is 1. The number of alkyl halides is 3. The molecule has 0 atom stereocenters. The predicted molar refractivity (Wildman–Crippen MR) is 118 cm³/mol. The van der Waals surface area contributed by atoms with E-state index in [2.05, 4.69) is 0 Å². The van der Waals surface area contributed by atoms with Crippen LogP contribution in [0.5, 0.6) is 5.75 Å². The zero-order valence-electron chi connectivity index (χ0n) is 17.7. The molecule has 1 aromatic carbocycles. The van der Waals surface area contributed by atoms with Gasteiger partial charge in [0.25, 0.3) is 5.91 Å². The monoisotopic (exact) mass is 471 g/mol. The lowest BCUT2D eigenvalue weighted by molar-refractivity contribution is -0.192. The molecule has 32 heavy (non-hydrogen) atoms. The van der Waals surface area contributed by atoms with Crippen LogP contribution in [0, 0.1) is 5.92 Å². The van der Waals surface area contributed by atoms with E-state index >= 15 is 0 Å². The van der Waals surface area contributed by atoms with Crippen LogP contribution < -0.4 is 10.5 Å². The lowest BCUT2D eigenvalue weighted by Crippen LogP contribution is -2.21. The second kappa shape index (κ2) is 12.5. The number of ether oxygens (including phenoxy) is 1. The number of carbonyl (C=O) groups excluding carboxylic acids is 1. The summed E-state index contributed by atoms with van der Waals surface area (Å²) < 4.78 is 37.6. The van der Waals surface area contributed by atoms with Crippen LogP contribution in [0.3, 0.4) is 0 Å². The van der Waals surface area contributed by atoms with Gasteiger partial charge in [-0.05, 0) is 60.7 Å². The fraction of sp³-hybridized carbons (Fsp3) is 0.478. The van der Waals surface area contributed by atoms with E-state index in [0.29, 0.717) is 4.88 Å². The number of amides is 1. The molecular formula is C23H28F3NO4S. The minimum absolute atomic E-state index is 0.370. The Bertz CT molecular complexity index is 857. The third-order valence-corrected chi connectivity index (χ3v) is 6.38. The maximum Gasteiger partial charge on any atom is 0.490 e. The van der Waals surface area contributed by atoms with Gasteiger partial charge < -0.3 is 15.6 Å². The van der Waals surface area contributed by atoms with Crippen LogP contribution in [-0.2, 0) is 4.79 Å². The molecule has 1 amide bonds. The summed E-state index contributed by atoms with van der Waals surface area (Å²) in [4.78, 5) is 21.7. The van der Waals surface area contributed by atoms with Crippen LogP contribution in [0.4, 0.5) is 13.2 Å². The molecular weight excluding hydrogens is 443 g/mol. The smallest absolute Gasteiger partial charge is 0.490 e. The van der Waals surface area contributed by atoms with Crippen LogP contribution in [0.1, 0.15) is 61.0 Å². The van der Waals surface area contributed by atoms with Gasteiger partial charge in [0.2, 0.25) is 0 Å². The largest absolute Gasteiger partial charge is 0.494 e. The Morgan fingerprint density at radius 2 is 1.62 bits per heavy atom. The average Bonchev–Trinajstić information content (AvgIpc) is 3.10. The SMILES string of the molecule is NC(=O)c1ccc(-c2ccc(OCCCC3CCCCCC3)cc2)s1.O=C(O)C(F)(F)F. The molecule has 0 spiro atoms. The van der Waals surface area contributed by atoms with Crippen molar-refractivity contribution in [3.63, 3.8) is 0 Å². The van der Waals surface area contributed by atoms with Crippen molar-refractivity contribution in [1.82, 2.24) is 0 Å². The van der Waals surface area contributed by atoms with Crippen LogP contribution in [0.25, 0.3) is 10.4 Å². The highest BCUT2D eigenvalue weighted by Gasteiger charge is 2.38. The number of thiophene rings is 1. The third-order valence-electron chi connectivity index (χ3n) is 5.23. The second-order valence-corrected chi connectivity index (χ2v) is 8.79. The number of primary amides is 1. The van der Waals surface area contributed by atoms with Crippen molar-refractivity contribution in [2.24, 2.45) is 11.7 Å². The van der Waals surface area contributed by atoms with Crippen molar-refractivity contribution in [2.45, 2.75) is 57.5 Å². The summed E-state index contributed by atoms with van der Waals surface area (Å²) in [5.74, 6) is -1.31. The normalized spacial score (nSPS) is 14.7. The summed E-state index contributed by atoms with van der Waals surface area (Å²) in [6.07, 6.45) is 5.82. The third kappa shape index (κ3) is 8.90. The van der Waals surface area contributed by atoms with Crippen molar-refractivity contribution < 1.29 is 32.6 Å². The van der Waals surface area contributed by atoms with Gasteiger partial charge in [0.15, 0.2) is 0 Å². The Morgan fingerprint density at radius 1 is 1.03 bits per heavy atom. The van der Waals surface area contributed by atoms with Gasteiger partial charge in [0.1, 0.15) is 5.75 Å². The maximum absolute atomic E-state index is 11.2.